The Bertz CT molecular complexity index is 459. The lowest BCUT2D eigenvalue weighted by molar-refractivity contribution is -0.384. The van der Waals surface area contributed by atoms with Gasteiger partial charge in [-0.3, -0.25) is 15.0 Å². The van der Waals surface area contributed by atoms with Gasteiger partial charge in [-0.05, 0) is 51.9 Å². The van der Waals surface area contributed by atoms with Crippen LogP contribution in [0.25, 0.3) is 0 Å². The zero-order chi connectivity index (χ0) is 14.7. The first-order valence-electron chi connectivity index (χ1n) is 7.19. The summed E-state index contributed by atoms with van der Waals surface area (Å²) in [5.41, 5.74) is 1.34. The van der Waals surface area contributed by atoms with Gasteiger partial charge in [-0.2, -0.15) is 0 Å². The fourth-order valence-corrected chi connectivity index (χ4v) is 3.19. The second-order valence-corrected chi connectivity index (χ2v) is 5.73. The van der Waals surface area contributed by atoms with Gasteiger partial charge in [0, 0.05) is 24.2 Å². The largest absolute Gasteiger partial charge is 0.319 e. The van der Waals surface area contributed by atoms with Gasteiger partial charge in [0.05, 0.1) is 4.92 Å². The van der Waals surface area contributed by atoms with Gasteiger partial charge < -0.3 is 5.32 Å². The summed E-state index contributed by atoms with van der Waals surface area (Å²) in [4.78, 5) is 12.9. The van der Waals surface area contributed by atoms with Gasteiger partial charge in [0.1, 0.15) is 0 Å². The molecule has 0 aliphatic carbocycles. The highest BCUT2D eigenvalue weighted by molar-refractivity contribution is 5.35. The Hall–Kier alpha value is -1.46. The number of benzene rings is 1. The van der Waals surface area contributed by atoms with Crippen LogP contribution in [0.15, 0.2) is 24.3 Å². The predicted octanol–water partition coefficient (Wildman–Crippen LogP) is 2.59. The van der Waals surface area contributed by atoms with Crippen LogP contribution in [0, 0.1) is 16.0 Å². The molecular formula is C15H23N3O2. The Labute approximate surface area is 120 Å². The lowest BCUT2D eigenvalue weighted by atomic mass is 9.93. The van der Waals surface area contributed by atoms with E-state index in [1.807, 2.05) is 19.2 Å². The van der Waals surface area contributed by atoms with E-state index in [1.165, 1.54) is 12.0 Å². The summed E-state index contributed by atoms with van der Waals surface area (Å²) >= 11 is 0. The smallest absolute Gasteiger partial charge is 0.269 e. The van der Waals surface area contributed by atoms with E-state index in [2.05, 4.69) is 24.1 Å². The average molecular weight is 277 g/mol. The number of hydrogen-bond acceptors (Lipinski definition) is 4. The van der Waals surface area contributed by atoms with Crippen molar-refractivity contribution in [3.63, 3.8) is 0 Å². The minimum absolute atomic E-state index is 0.160. The van der Waals surface area contributed by atoms with Crippen LogP contribution in [-0.4, -0.2) is 36.0 Å². The van der Waals surface area contributed by atoms with E-state index < -0.39 is 0 Å². The monoisotopic (exact) mass is 277 g/mol. The summed E-state index contributed by atoms with van der Waals surface area (Å²) in [7, 11) is 1.98. The van der Waals surface area contributed by atoms with Crippen LogP contribution in [0.3, 0.4) is 0 Å². The Kier molecular flexibility index (Phi) is 4.73. The van der Waals surface area contributed by atoms with E-state index in [1.54, 1.807) is 12.1 Å². The molecule has 0 saturated carbocycles. The third-order valence-electron chi connectivity index (χ3n) is 4.14. The van der Waals surface area contributed by atoms with Gasteiger partial charge in [-0.25, -0.2) is 0 Å². The predicted molar refractivity (Wildman–Crippen MR) is 79.7 cm³/mol. The summed E-state index contributed by atoms with van der Waals surface area (Å²) in [5, 5.41) is 14.0. The summed E-state index contributed by atoms with van der Waals surface area (Å²) < 4.78 is 0. The first-order valence-corrected chi connectivity index (χ1v) is 7.19. The van der Waals surface area contributed by atoms with Crippen LogP contribution in [0.5, 0.6) is 0 Å². The van der Waals surface area contributed by atoms with E-state index in [0.717, 1.165) is 13.1 Å². The van der Waals surface area contributed by atoms with E-state index in [9.17, 15) is 10.1 Å². The number of nitrogens with one attached hydrogen (secondary N) is 1. The number of rotatable bonds is 5. The molecule has 0 bridgehead atoms. The molecule has 0 amide bonds. The third kappa shape index (κ3) is 2.99. The summed E-state index contributed by atoms with van der Waals surface area (Å²) in [6.07, 6.45) is 1.17. The van der Waals surface area contributed by atoms with Crippen molar-refractivity contribution >= 4 is 5.69 Å². The topological polar surface area (TPSA) is 58.4 Å². The van der Waals surface area contributed by atoms with Crippen molar-refractivity contribution in [2.24, 2.45) is 5.92 Å². The van der Waals surface area contributed by atoms with Crippen LogP contribution in [0.1, 0.15) is 31.9 Å². The van der Waals surface area contributed by atoms with Gasteiger partial charge >= 0.3 is 0 Å². The molecule has 1 aromatic carbocycles. The standard InChI is InChI=1S/C15H23N3O2/c1-11(2)17-9-8-13(10-16-3)15(17)12-4-6-14(7-5-12)18(19)20/h4-7,11,13,15-16H,8-10H2,1-3H3. The Morgan fingerprint density at radius 1 is 1.40 bits per heavy atom. The third-order valence-corrected chi connectivity index (χ3v) is 4.14. The molecule has 1 aliphatic heterocycles. The lowest BCUT2D eigenvalue weighted by Gasteiger charge is -2.31. The average Bonchev–Trinajstić information content (AvgIpc) is 2.83. The highest BCUT2D eigenvalue weighted by atomic mass is 16.6. The number of nitro groups is 1. The Balaban J connectivity index is 2.26. The molecule has 1 heterocycles. The van der Waals surface area contributed by atoms with Crippen molar-refractivity contribution in [1.29, 1.82) is 0 Å². The molecule has 5 heteroatoms. The highest BCUT2D eigenvalue weighted by Crippen LogP contribution is 2.38. The molecule has 2 unspecified atom stereocenters. The normalized spacial score (nSPS) is 23.4. The molecule has 0 spiro atoms. The number of nitro benzene ring substituents is 1. The summed E-state index contributed by atoms with van der Waals surface area (Å²) in [6, 6.07) is 7.88. The molecular weight excluding hydrogens is 254 g/mol. The molecule has 1 fully saturated rings. The van der Waals surface area contributed by atoms with Gasteiger partial charge in [-0.1, -0.05) is 12.1 Å². The second-order valence-electron chi connectivity index (χ2n) is 5.73. The number of nitrogens with zero attached hydrogens (tertiary/aromatic N) is 2. The molecule has 1 saturated heterocycles. The molecule has 110 valence electrons. The molecule has 0 radical (unpaired) electrons. The first kappa shape index (κ1) is 14.9. The minimum atomic E-state index is -0.344. The zero-order valence-corrected chi connectivity index (χ0v) is 12.4. The van der Waals surface area contributed by atoms with Crippen LogP contribution in [0.4, 0.5) is 5.69 Å². The molecule has 2 rings (SSSR count). The fourth-order valence-electron chi connectivity index (χ4n) is 3.19. The quantitative estimate of drug-likeness (QED) is 0.664. The van der Waals surface area contributed by atoms with Crippen LogP contribution in [0.2, 0.25) is 0 Å². The Morgan fingerprint density at radius 3 is 2.55 bits per heavy atom. The zero-order valence-electron chi connectivity index (χ0n) is 12.4. The van der Waals surface area contributed by atoms with Gasteiger partial charge in [0.2, 0.25) is 0 Å². The van der Waals surface area contributed by atoms with Crippen LogP contribution in [-0.2, 0) is 0 Å². The molecule has 1 aliphatic rings. The number of hydrogen-bond donors (Lipinski definition) is 1. The van der Waals surface area contributed by atoms with Crippen LogP contribution < -0.4 is 5.32 Å². The fraction of sp³-hybridized carbons (Fsp3) is 0.600. The maximum Gasteiger partial charge on any atom is 0.269 e. The van der Waals surface area contributed by atoms with Crippen molar-refractivity contribution in [2.45, 2.75) is 32.4 Å². The van der Waals surface area contributed by atoms with E-state index in [-0.39, 0.29) is 10.6 Å². The maximum atomic E-state index is 10.8. The van der Waals surface area contributed by atoms with E-state index in [4.69, 9.17) is 0 Å². The summed E-state index contributed by atoms with van der Waals surface area (Å²) in [6.45, 7) is 6.48. The first-order chi connectivity index (χ1) is 9.54. The van der Waals surface area contributed by atoms with Gasteiger partial charge in [-0.15, -0.1) is 0 Å². The lowest BCUT2D eigenvalue weighted by Crippen LogP contribution is -2.33. The van der Waals surface area contributed by atoms with Crippen molar-refractivity contribution in [2.75, 3.05) is 20.1 Å². The highest BCUT2D eigenvalue weighted by Gasteiger charge is 2.36. The van der Waals surface area contributed by atoms with Crippen molar-refractivity contribution in [1.82, 2.24) is 10.2 Å². The van der Waals surface area contributed by atoms with E-state index >= 15 is 0 Å². The van der Waals surface area contributed by atoms with Crippen molar-refractivity contribution in [3.8, 4) is 0 Å². The molecule has 1 aromatic rings. The SMILES string of the molecule is CNCC1CCN(C(C)C)C1c1ccc([N+](=O)[O-])cc1. The molecule has 5 nitrogen and oxygen atoms in total. The van der Waals surface area contributed by atoms with Gasteiger partial charge in [0.15, 0.2) is 0 Å². The molecule has 20 heavy (non-hydrogen) atoms. The molecule has 1 N–H and O–H groups in total. The second kappa shape index (κ2) is 6.33. The van der Waals surface area contributed by atoms with Gasteiger partial charge in [0.25, 0.3) is 5.69 Å². The van der Waals surface area contributed by atoms with Crippen LogP contribution >= 0.6 is 0 Å². The Morgan fingerprint density at radius 2 is 2.05 bits per heavy atom. The van der Waals surface area contributed by atoms with E-state index in [0.29, 0.717) is 18.0 Å². The molecule has 0 aromatic heterocycles. The van der Waals surface area contributed by atoms with Crippen molar-refractivity contribution < 1.29 is 4.92 Å². The minimum Gasteiger partial charge on any atom is -0.319 e. The maximum absolute atomic E-state index is 10.8. The van der Waals surface area contributed by atoms with Crippen molar-refractivity contribution in [3.05, 3.63) is 39.9 Å². The summed E-state index contributed by atoms with van der Waals surface area (Å²) in [5.74, 6) is 0.559. The number of non-ortho nitro benzene ring substituents is 1. The number of likely N-dealkylation sites (tertiary alicyclic amines) is 1. The molecule has 2 atom stereocenters.